The number of rotatable bonds is 6. The van der Waals surface area contributed by atoms with Crippen LogP contribution in [0, 0.1) is 12.8 Å². The van der Waals surface area contributed by atoms with Crippen LogP contribution >= 0.6 is 0 Å². The monoisotopic (exact) mass is 540 g/mol. The lowest BCUT2D eigenvalue weighted by molar-refractivity contribution is -0.118. The van der Waals surface area contributed by atoms with Gasteiger partial charge in [0, 0.05) is 32.4 Å². The molecule has 1 saturated heterocycles. The van der Waals surface area contributed by atoms with Crippen molar-refractivity contribution >= 4 is 22.9 Å². The number of hydrogen-bond acceptors (Lipinski definition) is 8. The molecule has 1 aliphatic heterocycles. The highest BCUT2D eigenvalue weighted by Gasteiger charge is 2.32. The van der Waals surface area contributed by atoms with Gasteiger partial charge in [-0.05, 0) is 51.7 Å². The summed E-state index contributed by atoms with van der Waals surface area (Å²) in [5.74, 6) is 1.16. The lowest BCUT2D eigenvalue weighted by Crippen LogP contribution is -2.40. The third kappa shape index (κ3) is 6.24. The Morgan fingerprint density at radius 2 is 1.92 bits per heavy atom. The van der Waals surface area contributed by atoms with E-state index in [9.17, 15) is 18.8 Å². The average Bonchev–Trinajstić information content (AvgIpc) is 3.51. The van der Waals surface area contributed by atoms with Gasteiger partial charge in [0.05, 0.1) is 12.9 Å². The SMILES string of the molecule is CC(C)(F)C1CCN(c2ccccn2)CC1.Cc1cc(Cn2c(=O)c3c(ncn3CC(N)=O)n(C)c2=O)no1. The molecule has 0 radical (unpaired) electrons. The third-order valence-corrected chi connectivity index (χ3v) is 6.86. The minimum Gasteiger partial charge on any atom is -0.368 e. The lowest BCUT2D eigenvalue weighted by Gasteiger charge is -2.37. The molecule has 2 N–H and O–H groups in total. The quantitative estimate of drug-likeness (QED) is 0.389. The van der Waals surface area contributed by atoms with E-state index in [4.69, 9.17) is 10.3 Å². The molecular weight excluding hydrogens is 507 g/mol. The Kier molecular flexibility index (Phi) is 7.98. The standard InChI is InChI=1S/C13H19FN2.C13H14N6O4/c1-13(2,14)11-6-9-16(10-7-11)12-5-3-4-8-15-12;1-7-3-8(16-23-7)4-19-12(21)10-11(17(2)13(19)22)15-6-18(10)5-9(14)20/h3-5,8,11H,6-7,9-10H2,1-2H3;3,6H,4-5H2,1-2H3,(H2,14,20). The molecule has 0 saturated carbocycles. The number of halogens is 1. The molecule has 12 nitrogen and oxygen atoms in total. The number of nitrogens with two attached hydrogens (primary N) is 1. The molecule has 0 aliphatic carbocycles. The molecule has 1 fully saturated rings. The van der Waals surface area contributed by atoms with Gasteiger partial charge in [-0.3, -0.25) is 18.7 Å². The summed E-state index contributed by atoms with van der Waals surface area (Å²) in [6, 6.07) is 7.56. The lowest BCUT2D eigenvalue weighted by atomic mass is 9.84. The second-order valence-electron chi connectivity index (χ2n) is 10.2. The number of primary amides is 1. The highest BCUT2D eigenvalue weighted by atomic mass is 19.1. The molecule has 0 aromatic carbocycles. The number of carbonyl (C=O) groups is 1. The summed E-state index contributed by atoms with van der Waals surface area (Å²) in [5.41, 5.74) is 3.79. The molecule has 39 heavy (non-hydrogen) atoms. The van der Waals surface area contributed by atoms with Gasteiger partial charge in [-0.15, -0.1) is 0 Å². The zero-order chi connectivity index (χ0) is 28.3. The Labute approximate surface area is 223 Å². The van der Waals surface area contributed by atoms with Gasteiger partial charge in [0.1, 0.15) is 29.5 Å². The fraction of sp³-hybridized carbons (Fsp3) is 0.462. The summed E-state index contributed by atoms with van der Waals surface area (Å²) in [4.78, 5) is 46.7. The van der Waals surface area contributed by atoms with Gasteiger partial charge < -0.3 is 19.7 Å². The maximum Gasteiger partial charge on any atom is 0.332 e. The van der Waals surface area contributed by atoms with E-state index in [0.717, 1.165) is 36.3 Å². The Hall–Kier alpha value is -4.29. The third-order valence-electron chi connectivity index (χ3n) is 6.86. The Balaban J connectivity index is 0.000000193. The first-order chi connectivity index (χ1) is 18.5. The molecule has 0 spiro atoms. The number of hydrogen-bond donors (Lipinski definition) is 1. The second kappa shape index (κ2) is 11.2. The predicted octanol–water partition coefficient (Wildman–Crippen LogP) is 1.77. The van der Waals surface area contributed by atoms with Crippen LogP contribution in [0.3, 0.4) is 0 Å². The fourth-order valence-electron chi connectivity index (χ4n) is 4.74. The van der Waals surface area contributed by atoms with Gasteiger partial charge in [0.2, 0.25) is 5.91 Å². The van der Waals surface area contributed by atoms with Gasteiger partial charge >= 0.3 is 5.69 Å². The molecule has 5 heterocycles. The number of fused-ring (bicyclic) bond motifs is 1. The number of piperidine rings is 1. The molecule has 0 atom stereocenters. The van der Waals surface area contributed by atoms with Crippen LogP contribution in [-0.2, 0) is 24.9 Å². The van der Waals surface area contributed by atoms with Crippen LogP contribution in [-0.4, -0.2) is 53.5 Å². The predicted molar refractivity (Wildman–Crippen MR) is 143 cm³/mol. The number of anilines is 1. The van der Waals surface area contributed by atoms with Crippen LogP contribution in [0.2, 0.25) is 0 Å². The van der Waals surface area contributed by atoms with Crippen LogP contribution in [0.5, 0.6) is 0 Å². The molecule has 4 aromatic rings. The van der Waals surface area contributed by atoms with E-state index in [1.54, 1.807) is 33.0 Å². The van der Waals surface area contributed by atoms with Gasteiger partial charge in [0.15, 0.2) is 11.2 Å². The van der Waals surface area contributed by atoms with Crippen molar-refractivity contribution in [3.8, 4) is 0 Å². The Bertz CT molecular complexity index is 1560. The molecule has 4 aromatic heterocycles. The molecule has 13 heteroatoms. The molecule has 208 valence electrons. The van der Waals surface area contributed by atoms with Crippen LogP contribution in [0.4, 0.5) is 10.2 Å². The zero-order valence-electron chi connectivity index (χ0n) is 22.5. The number of aryl methyl sites for hydroxylation is 2. The van der Waals surface area contributed by atoms with Crippen molar-refractivity contribution in [2.75, 3.05) is 18.0 Å². The second-order valence-corrected chi connectivity index (χ2v) is 10.2. The minimum absolute atomic E-state index is 0.0411. The molecule has 1 aliphatic rings. The van der Waals surface area contributed by atoms with E-state index in [0.29, 0.717) is 11.5 Å². The van der Waals surface area contributed by atoms with E-state index in [1.807, 2.05) is 18.2 Å². The summed E-state index contributed by atoms with van der Waals surface area (Å²) in [6.45, 7) is 6.67. The maximum absolute atomic E-state index is 13.8. The fourth-order valence-corrected chi connectivity index (χ4v) is 4.74. The number of amides is 1. The molecule has 0 bridgehead atoms. The smallest absolute Gasteiger partial charge is 0.332 e. The summed E-state index contributed by atoms with van der Waals surface area (Å²) < 4.78 is 22.3. The molecular formula is C26H33FN8O4. The van der Waals surface area contributed by atoms with Crippen molar-refractivity contribution in [2.24, 2.45) is 18.7 Å². The normalized spacial score (nSPS) is 14.3. The average molecular weight is 541 g/mol. The first-order valence-corrected chi connectivity index (χ1v) is 12.7. The Morgan fingerprint density at radius 3 is 2.49 bits per heavy atom. The van der Waals surface area contributed by atoms with Crippen molar-refractivity contribution in [1.82, 2.24) is 28.8 Å². The number of imidazole rings is 1. The number of pyridine rings is 1. The number of carbonyl (C=O) groups excluding carboxylic acids is 1. The van der Waals surface area contributed by atoms with Crippen molar-refractivity contribution in [1.29, 1.82) is 0 Å². The van der Waals surface area contributed by atoms with Gasteiger partial charge in [0.25, 0.3) is 5.56 Å². The van der Waals surface area contributed by atoms with Gasteiger partial charge in [-0.1, -0.05) is 11.2 Å². The molecule has 0 unspecified atom stereocenters. The highest BCUT2D eigenvalue weighted by molar-refractivity contribution is 5.77. The maximum atomic E-state index is 13.8. The van der Waals surface area contributed by atoms with Crippen LogP contribution in [0.1, 0.15) is 38.1 Å². The van der Waals surface area contributed by atoms with Crippen molar-refractivity contribution < 1.29 is 13.7 Å². The summed E-state index contributed by atoms with van der Waals surface area (Å²) in [6.07, 6.45) is 4.95. The minimum atomic E-state index is -1.05. The van der Waals surface area contributed by atoms with Gasteiger partial charge in [-0.25, -0.2) is 19.2 Å². The topological polar surface area (TPSA) is 147 Å². The zero-order valence-corrected chi connectivity index (χ0v) is 22.5. The summed E-state index contributed by atoms with van der Waals surface area (Å²) >= 11 is 0. The van der Waals surface area contributed by atoms with Crippen molar-refractivity contribution in [2.45, 2.75) is 52.4 Å². The highest BCUT2D eigenvalue weighted by Crippen LogP contribution is 2.32. The van der Waals surface area contributed by atoms with Crippen LogP contribution in [0.25, 0.3) is 11.2 Å². The summed E-state index contributed by atoms with van der Waals surface area (Å²) in [7, 11) is 1.50. The van der Waals surface area contributed by atoms with E-state index < -0.39 is 22.8 Å². The summed E-state index contributed by atoms with van der Waals surface area (Å²) in [5, 5.41) is 3.78. The largest absolute Gasteiger partial charge is 0.368 e. The van der Waals surface area contributed by atoms with E-state index >= 15 is 0 Å². The first-order valence-electron chi connectivity index (χ1n) is 12.7. The first kappa shape index (κ1) is 27.7. The van der Waals surface area contributed by atoms with E-state index in [-0.39, 0.29) is 30.2 Å². The molecule has 1 amide bonds. The number of alkyl halides is 1. The van der Waals surface area contributed by atoms with Crippen LogP contribution < -0.4 is 21.9 Å². The van der Waals surface area contributed by atoms with E-state index in [2.05, 4.69) is 20.0 Å². The van der Waals surface area contributed by atoms with Gasteiger partial charge in [-0.2, -0.15) is 0 Å². The Morgan fingerprint density at radius 1 is 1.21 bits per heavy atom. The number of aromatic nitrogens is 6. The number of nitrogens with zero attached hydrogens (tertiary/aromatic N) is 7. The van der Waals surface area contributed by atoms with Crippen molar-refractivity contribution in [3.63, 3.8) is 0 Å². The molecule has 5 rings (SSSR count). The van der Waals surface area contributed by atoms with E-state index in [1.165, 1.54) is 22.5 Å². The van der Waals surface area contributed by atoms with Crippen LogP contribution in [0.15, 0.2) is 50.9 Å². The van der Waals surface area contributed by atoms with Crippen molar-refractivity contribution in [3.05, 3.63) is 69.1 Å².